The van der Waals surface area contributed by atoms with Crippen molar-refractivity contribution in [3.8, 4) is 5.75 Å². The number of hydrogen-bond donors (Lipinski definition) is 2. The number of carbonyl (C=O) groups excluding carboxylic acids is 1. The molecule has 0 fully saturated rings. The molecule has 106 valence electrons. The molecular formula is C15H22O4. The Kier molecular flexibility index (Phi) is 4.95. The highest BCUT2D eigenvalue weighted by Crippen LogP contribution is 2.35. The van der Waals surface area contributed by atoms with Gasteiger partial charge in [0.15, 0.2) is 0 Å². The van der Waals surface area contributed by atoms with Gasteiger partial charge in [-0.1, -0.05) is 26.0 Å². The molecule has 2 unspecified atom stereocenters. The molecule has 1 aromatic rings. The first-order chi connectivity index (χ1) is 8.80. The first kappa shape index (κ1) is 15.5. The van der Waals surface area contributed by atoms with Crippen LogP contribution in [0.5, 0.6) is 5.75 Å². The van der Waals surface area contributed by atoms with Crippen LogP contribution in [0.4, 0.5) is 0 Å². The third-order valence-corrected chi connectivity index (χ3v) is 3.26. The Morgan fingerprint density at radius 1 is 1.32 bits per heavy atom. The maximum atomic E-state index is 12.0. The van der Waals surface area contributed by atoms with Gasteiger partial charge in [-0.05, 0) is 37.5 Å². The number of carbonyl (C=O) groups is 1. The van der Waals surface area contributed by atoms with Gasteiger partial charge in [0.05, 0.1) is 12.5 Å². The van der Waals surface area contributed by atoms with E-state index < -0.39 is 17.5 Å². The van der Waals surface area contributed by atoms with Crippen molar-refractivity contribution in [1.29, 1.82) is 0 Å². The van der Waals surface area contributed by atoms with Gasteiger partial charge >= 0.3 is 5.97 Å². The number of benzene rings is 1. The molecule has 19 heavy (non-hydrogen) atoms. The van der Waals surface area contributed by atoms with Crippen molar-refractivity contribution in [1.82, 2.24) is 0 Å². The molecule has 0 aromatic heterocycles. The Bertz CT molecular complexity index is 420. The highest BCUT2D eigenvalue weighted by atomic mass is 16.5. The minimum absolute atomic E-state index is 0.0668. The minimum atomic E-state index is -1.34. The van der Waals surface area contributed by atoms with E-state index in [1.165, 1.54) is 12.1 Å². The second kappa shape index (κ2) is 6.06. The number of phenolic OH excluding ortho intramolecular Hbond substituents is 1. The number of aliphatic hydroxyl groups is 1. The molecule has 0 aliphatic rings. The summed E-state index contributed by atoms with van der Waals surface area (Å²) in [5, 5.41) is 20.0. The first-order valence-corrected chi connectivity index (χ1v) is 6.49. The molecule has 0 spiro atoms. The topological polar surface area (TPSA) is 66.8 Å². The smallest absolute Gasteiger partial charge is 0.312 e. The third kappa shape index (κ3) is 3.47. The molecule has 4 heteroatoms. The van der Waals surface area contributed by atoms with E-state index >= 15 is 0 Å². The monoisotopic (exact) mass is 266 g/mol. The van der Waals surface area contributed by atoms with E-state index in [1.54, 1.807) is 26.0 Å². The van der Waals surface area contributed by atoms with Crippen molar-refractivity contribution in [2.24, 2.45) is 11.8 Å². The van der Waals surface area contributed by atoms with Crippen molar-refractivity contribution in [3.05, 3.63) is 29.8 Å². The maximum Gasteiger partial charge on any atom is 0.312 e. The summed E-state index contributed by atoms with van der Waals surface area (Å²) in [4.78, 5) is 12.0. The number of ether oxygens (including phenoxy) is 1. The van der Waals surface area contributed by atoms with Crippen LogP contribution in [0.1, 0.15) is 33.3 Å². The van der Waals surface area contributed by atoms with Crippen LogP contribution in [0.3, 0.4) is 0 Å². The van der Waals surface area contributed by atoms with E-state index in [-0.39, 0.29) is 18.3 Å². The summed E-state index contributed by atoms with van der Waals surface area (Å²) in [6.45, 7) is 7.37. The second-order valence-electron chi connectivity index (χ2n) is 5.17. The zero-order chi connectivity index (χ0) is 14.6. The van der Waals surface area contributed by atoms with Gasteiger partial charge in [-0.2, -0.15) is 0 Å². The predicted molar refractivity (Wildman–Crippen MR) is 72.6 cm³/mol. The van der Waals surface area contributed by atoms with Crippen LogP contribution in [0.25, 0.3) is 0 Å². The quantitative estimate of drug-likeness (QED) is 0.803. The van der Waals surface area contributed by atoms with Crippen molar-refractivity contribution in [2.45, 2.75) is 33.3 Å². The summed E-state index contributed by atoms with van der Waals surface area (Å²) >= 11 is 0. The zero-order valence-electron chi connectivity index (χ0n) is 11.9. The van der Waals surface area contributed by atoms with E-state index in [0.29, 0.717) is 5.56 Å². The fourth-order valence-electron chi connectivity index (χ4n) is 2.36. The Hall–Kier alpha value is -1.55. The lowest BCUT2D eigenvalue weighted by Gasteiger charge is -2.34. The predicted octanol–water partition coefficient (Wildman–Crippen LogP) is 2.44. The molecule has 1 rings (SSSR count). The van der Waals surface area contributed by atoms with Crippen LogP contribution in [-0.2, 0) is 15.1 Å². The van der Waals surface area contributed by atoms with E-state index in [1.807, 2.05) is 13.8 Å². The van der Waals surface area contributed by atoms with Gasteiger partial charge in [0, 0.05) is 0 Å². The summed E-state index contributed by atoms with van der Waals surface area (Å²) < 4.78 is 5.05. The number of phenols is 1. The summed E-state index contributed by atoms with van der Waals surface area (Å²) in [6.07, 6.45) is 0. The molecule has 0 aliphatic heterocycles. The Morgan fingerprint density at radius 2 is 1.84 bits per heavy atom. The van der Waals surface area contributed by atoms with Crippen LogP contribution < -0.4 is 0 Å². The fourth-order valence-corrected chi connectivity index (χ4v) is 2.36. The molecule has 2 N–H and O–H groups in total. The lowest BCUT2D eigenvalue weighted by atomic mass is 9.76. The summed E-state index contributed by atoms with van der Waals surface area (Å²) in [7, 11) is 0. The van der Waals surface area contributed by atoms with Gasteiger partial charge in [0.1, 0.15) is 11.4 Å². The van der Waals surface area contributed by atoms with Crippen LogP contribution in [0, 0.1) is 11.8 Å². The van der Waals surface area contributed by atoms with Gasteiger partial charge in [-0.3, -0.25) is 4.79 Å². The molecule has 0 heterocycles. The van der Waals surface area contributed by atoms with Crippen molar-refractivity contribution < 1.29 is 19.7 Å². The van der Waals surface area contributed by atoms with E-state index in [0.717, 1.165) is 0 Å². The van der Waals surface area contributed by atoms with Crippen molar-refractivity contribution >= 4 is 5.97 Å². The van der Waals surface area contributed by atoms with Crippen LogP contribution in [0.15, 0.2) is 24.3 Å². The summed E-state index contributed by atoms with van der Waals surface area (Å²) in [5.74, 6) is -1.01. The molecule has 0 aliphatic carbocycles. The Morgan fingerprint density at radius 3 is 2.26 bits per heavy atom. The maximum absolute atomic E-state index is 12.0. The average molecular weight is 266 g/mol. The number of rotatable bonds is 5. The largest absolute Gasteiger partial charge is 0.508 e. The molecule has 4 nitrogen and oxygen atoms in total. The first-order valence-electron chi connectivity index (χ1n) is 6.49. The normalized spacial score (nSPS) is 15.9. The highest BCUT2D eigenvalue weighted by molar-refractivity contribution is 5.74. The van der Waals surface area contributed by atoms with E-state index in [4.69, 9.17) is 4.74 Å². The van der Waals surface area contributed by atoms with E-state index in [9.17, 15) is 15.0 Å². The van der Waals surface area contributed by atoms with E-state index in [2.05, 4.69) is 0 Å². The molecule has 2 atom stereocenters. The Labute approximate surface area is 114 Å². The van der Waals surface area contributed by atoms with Crippen molar-refractivity contribution in [2.75, 3.05) is 6.61 Å². The van der Waals surface area contributed by atoms with Crippen LogP contribution in [0.2, 0.25) is 0 Å². The molecule has 0 saturated carbocycles. The zero-order valence-corrected chi connectivity index (χ0v) is 11.9. The van der Waals surface area contributed by atoms with Gasteiger partial charge in [0.2, 0.25) is 0 Å². The Balaban J connectivity index is 3.12. The number of esters is 1. The number of hydrogen-bond acceptors (Lipinski definition) is 4. The molecule has 0 amide bonds. The second-order valence-corrected chi connectivity index (χ2v) is 5.17. The van der Waals surface area contributed by atoms with Gasteiger partial charge in [-0.15, -0.1) is 0 Å². The number of aromatic hydroxyl groups is 1. The standard InChI is InChI=1S/C15H22O4/c1-5-19-14(17)13(10(2)3)15(4,18)11-6-8-12(16)9-7-11/h6-10,13,16,18H,5H2,1-4H3. The molecule has 1 aromatic carbocycles. The minimum Gasteiger partial charge on any atom is -0.508 e. The lowest BCUT2D eigenvalue weighted by molar-refractivity contribution is -0.161. The van der Waals surface area contributed by atoms with Gasteiger partial charge in [-0.25, -0.2) is 0 Å². The summed E-state index contributed by atoms with van der Waals surface area (Å²) in [6, 6.07) is 6.21. The molecular weight excluding hydrogens is 244 g/mol. The molecule has 0 bridgehead atoms. The van der Waals surface area contributed by atoms with Gasteiger partial charge in [0.25, 0.3) is 0 Å². The summed E-state index contributed by atoms with van der Waals surface area (Å²) in [5.41, 5.74) is -0.759. The lowest BCUT2D eigenvalue weighted by Crippen LogP contribution is -2.41. The van der Waals surface area contributed by atoms with Gasteiger partial charge < -0.3 is 14.9 Å². The van der Waals surface area contributed by atoms with Crippen LogP contribution in [-0.4, -0.2) is 22.8 Å². The fraction of sp³-hybridized carbons (Fsp3) is 0.533. The van der Waals surface area contributed by atoms with Crippen LogP contribution >= 0.6 is 0 Å². The molecule has 0 saturated heterocycles. The molecule has 0 radical (unpaired) electrons. The SMILES string of the molecule is CCOC(=O)C(C(C)C)C(C)(O)c1ccc(O)cc1. The third-order valence-electron chi connectivity index (χ3n) is 3.26. The highest BCUT2D eigenvalue weighted by Gasteiger charge is 2.41. The van der Waals surface area contributed by atoms with Crippen molar-refractivity contribution in [3.63, 3.8) is 0 Å². The average Bonchev–Trinajstić information content (AvgIpc) is 2.28.